The number of rotatable bonds is 4. The molecule has 0 spiro atoms. The van der Waals surface area contributed by atoms with Crippen molar-refractivity contribution in [1.82, 2.24) is 4.90 Å². The molecule has 1 aliphatic heterocycles. The van der Waals surface area contributed by atoms with Crippen molar-refractivity contribution in [3.8, 4) is 5.75 Å². The van der Waals surface area contributed by atoms with Gasteiger partial charge in [0, 0.05) is 25.4 Å². The maximum Gasteiger partial charge on any atom is 0.573 e. The van der Waals surface area contributed by atoms with Gasteiger partial charge in [-0.1, -0.05) is 0 Å². The van der Waals surface area contributed by atoms with Crippen LogP contribution in [0.15, 0.2) is 24.3 Å². The van der Waals surface area contributed by atoms with Gasteiger partial charge >= 0.3 is 12.4 Å². The smallest absolute Gasteiger partial charge is 0.406 e. The van der Waals surface area contributed by atoms with Crippen LogP contribution in [0.1, 0.15) is 19.3 Å². The number of carbonyl (C=O) groups excluding carboxylic acids is 1. The predicted octanol–water partition coefficient (Wildman–Crippen LogP) is 3.21. The molecule has 2 amide bonds. The van der Waals surface area contributed by atoms with Crippen LogP contribution in [0, 0.1) is 5.92 Å². The minimum atomic E-state index is -4.74. The lowest BCUT2D eigenvalue weighted by Gasteiger charge is -2.32. The number of amides is 2. The van der Waals surface area contributed by atoms with Crippen LogP contribution in [0.3, 0.4) is 0 Å². The Hall–Kier alpha value is -1.96. The summed E-state index contributed by atoms with van der Waals surface area (Å²) >= 11 is 0. The first-order valence-electron chi connectivity index (χ1n) is 7.40. The highest BCUT2D eigenvalue weighted by molar-refractivity contribution is 5.89. The summed E-state index contributed by atoms with van der Waals surface area (Å²) in [7, 11) is 0. The molecule has 1 atom stereocenters. The number of aliphatic hydroxyl groups is 1. The summed E-state index contributed by atoms with van der Waals surface area (Å²) in [5.74, 6) is -0.0569. The fourth-order valence-electron chi connectivity index (χ4n) is 2.61. The molecule has 8 heteroatoms. The molecule has 1 saturated heterocycles. The topological polar surface area (TPSA) is 61.8 Å². The average Bonchev–Trinajstić information content (AvgIpc) is 2.48. The lowest BCUT2D eigenvalue weighted by molar-refractivity contribution is -0.274. The van der Waals surface area contributed by atoms with E-state index in [9.17, 15) is 18.0 Å². The van der Waals surface area contributed by atoms with Crippen molar-refractivity contribution in [2.75, 3.05) is 25.0 Å². The third-order valence-corrected chi connectivity index (χ3v) is 3.68. The fraction of sp³-hybridized carbons (Fsp3) is 0.533. The van der Waals surface area contributed by atoms with Crippen LogP contribution < -0.4 is 10.1 Å². The van der Waals surface area contributed by atoms with Crippen molar-refractivity contribution in [1.29, 1.82) is 0 Å². The zero-order chi connectivity index (χ0) is 16.9. The Morgan fingerprint density at radius 2 is 2.04 bits per heavy atom. The molecule has 23 heavy (non-hydrogen) atoms. The lowest BCUT2D eigenvalue weighted by atomic mass is 9.95. The Kier molecular flexibility index (Phi) is 5.70. The molecular formula is C15H19F3N2O3. The molecule has 0 saturated carbocycles. The largest absolute Gasteiger partial charge is 0.573 e. The molecule has 128 valence electrons. The highest BCUT2D eigenvalue weighted by atomic mass is 19.4. The minimum absolute atomic E-state index is 0.0980. The number of hydrogen-bond acceptors (Lipinski definition) is 3. The van der Waals surface area contributed by atoms with Crippen LogP contribution in [-0.4, -0.2) is 42.1 Å². The predicted molar refractivity (Wildman–Crippen MR) is 78.1 cm³/mol. The number of hydrogen-bond donors (Lipinski definition) is 2. The zero-order valence-electron chi connectivity index (χ0n) is 12.5. The van der Waals surface area contributed by atoms with Crippen molar-refractivity contribution in [2.45, 2.75) is 25.6 Å². The Labute approximate surface area is 132 Å². The second kappa shape index (κ2) is 7.54. The van der Waals surface area contributed by atoms with Crippen molar-refractivity contribution in [2.24, 2.45) is 5.92 Å². The third-order valence-electron chi connectivity index (χ3n) is 3.68. The summed E-state index contributed by atoms with van der Waals surface area (Å²) < 4.78 is 40.0. The molecule has 1 fully saturated rings. The number of piperidine rings is 1. The average molecular weight is 332 g/mol. The number of aliphatic hydroxyl groups excluding tert-OH is 1. The van der Waals surface area contributed by atoms with Gasteiger partial charge in [0.15, 0.2) is 0 Å². The number of ether oxygens (including phenoxy) is 1. The van der Waals surface area contributed by atoms with Gasteiger partial charge in [-0.3, -0.25) is 0 Å². The van der Waals surface area contributed by atoms with Crippen molar-refractivity contribution >= 4 is 11.7 Å². The standard InChI is InChI=1S/C15H19F3N2O3/c16-15(17,18)23-13-5-3-12(4-6-13)19-14(22)20-8-1-2-11(10-20)7-9-21/h3-6,11,21H,1-2,7-10H2,(H,19,22). The zero-order valence-corrected chi connectivity index (χ0v) is 12.5. The van der Waals surface area contributed by atoms with Crippen molar-refractivity contribution < 1.29 is 27.8 Å². The molecular weight excluding hydrogens is 313 g/mol. The van der Waals surface area contributed by atoms with Gasteiger partial charge in [-0.15, -0.1) is 13.2 Å². The molecule has 5 nitrogen and oxygen atoms in total. The third kappa shape index (κ3) is 5.63. The van der Waals surface area contributed by atoms with Gasteiger partial charge in [0.25, 0.3) is 0 Å². The van der Waals surface area contributed by atoms with E-state index >= 15 is 0 Å². The molecule has 2 rings (SSSR count). The summed E-state index contributed by atoms with van der Waals surface area (Å²) in [6.07, 6.45) is -2.22. The SMILES string of the molecule is O=C(Nc1ccc(OC(F)(F)F)cc1)N1CCCC(CCO)C1. The number of carbonyl (C=O) groups is 1. The van der Waals surface area contributed by atoms with Gasteiger partial charge in [-0.25, -0.2) is 4.79 Å². The normalized spacial score (nSPS) is 18.6. The van der Waals surface area contributed by atoms with E-state index in [0.717, 1.165) is 25.0 Å². The van der Waals surface area contributed by atoms with Gasteiger partial charge in [0.2, 0.25) is 0 Å². The molecule has 1 aliphatic rings. The maximum atomic E-state index is 12.2. The second-order valence-electron chi connectivity index (χ2n) is 5.47. The first kappa shape index (κ1) is 17.4. The molecule has 0 aliphatic carbocycles. The summed E-state index contributed by atoms with van der Waals surface area (Å²) in [6, 6.07) is 4.71. The van der Waals surface area contributed by atoms with E-state index in [-0.39, 0.29) is 24.3 Å². The van der Waals surface area contributed by atoms with Gasteiger partial charge in [-0.05, 0) is 49.4 Å². The van der Waals surface area contributed by atoms with E-state index in [1.807, 2.05) is 0 Å². The van der Waals surface area contributed by atoms with Crippen LogP contribution in [0.4, 0.5) is 23.7 Å². The van der Waals surface area contributed by atoms with Crippen LogP contribution in [-0.2, 0) is 0 Å². The number of urea groups is 1. The second-order valence-corrected chi connectivity index (χ2v) is 5.47. The summed E-state index contributed by atoms with van der Waals surface area (Å²) in [5.41, 5.74) is 0.397. The first-order chi connectivity index (χ1) is 10.9. The van der Waals surface area contributed by atoms with Gasteiger partial charge in [0.05, 0.1) is 0 Å². The number of likely N-dealkylation sites (tertiary alicyclic amines) is 1. The van der Waals surface area contributed by atoms with Crippen LogP contribution in [0.2, 0.25) is 0 Å². The number of benzene rings is 1. The number of alkyl halides is 3. The maximum absolute atomic E-state index is 12.2. The monoisotopic (exact) mass is 332 g/mol. The molecule has 0 radical (unpaired) electrons. The molecule has 2 N–H and O–H groups in total. The van der Waals surface area contributed by atoms with Gasteiger partial charge in [-0.2, -0.15) is 0 Å². The summed E-state index contributed by atoms with van der Waals surface area (Å²) in [6.45, 7) is 1.30. The van der Waals surface area contributed by atoms with Gasteiger partial charge < -0.3 is 20.1 Å². The summed E-state index contributed by atoms with van der Waals surface area (Å²) in [4.78, 5) is 13.8. The number of nitrogens with zero attached hydrogens (tertiary/aromatic N) is 1. The van der Waals surface area contributed by atoms with Crippen molar-refractivity contribution in [3.63, 3.8) is 0 Å². The van der Waals surface area contributed by atoms with E-state index in [4.69, 9.17) is 5.11 Å². The molecule has 0 bridgehead atoms. The van der Waals surface area contributed by atoms with Crippen LogP contribution in [0.5, 0.6) is 5.75 Å². The lowest BCUT2D eigenvalue weighted by Crippen LogP contribution is -2.42. The van der Waals surface area contributed by atoms with E-state index in [1.54, 1.807) is 4.90 Å². The Morgan fingerprint density at radius 3 is 2.65 bits per heavy atom. The number of anilines is 1. The highest BCUT2D eigenvalue weighted by Crippen LogP contribution is 2.24. The van der Waals surface area contributed by atoms with Gasteiger partial charge in [0.1, 0.15) is 5.75 Å². The van der Waals surface area contributed by atoms with E-state index in [1.165, 1.54) is 12.1 Å². The molecule has 1 unspecified atom stereocenters. The molecule has 1 heterocycles. The van der Waals surface area contributed by atoms with Crippen LogP contribution in [0.25, 0.3) is 0 Å². The molecule has 1 aromatic rings. The molecule has 1 aromatic carbocycles. The number of halogens is 3. The van der Waals surface area contributed by atoms with E-state index in [0.29, 0.717) is 25.2 Å². The van der Waals surface area contributed by atoms with E-state index in [2.05, 4.69) is 10.1 Å². The first-order valence-corrected chi connectivity index (χ1v) is 7.40. The Bertz CT molecular complexity index is 518. The fourth-order valence-corrected chi connectivity index (χ4v) is 2.61. The van der Waals surface area contributed by atoms with Crippen LogP contribution >= 0.6 is 0 Å². The van der Waals surface area contributed by atoms with E-state index < -0.39 is 6.36 Å². The Morgan fingerprint density at radius 1 is 1.35 bits per heavy atom. The highest BCUT2D eigenvalue weighted by Gasteiger charge is 2.31. The quantitative estimate of drug-likeness (QED) is 0.890. The Balaban J connectivity index is 1.89. The summed E-state index contributed by atoms with van der Waals surface area (Å²) in [5, 5.41) is 11.6. The minimum Gasteiger partial charge on any atom is -0.406 e. The molecule has 0 aromatic heterocycles. The number of nitrogens with one attached hydrogen (secondary N) is 1. The van der Waals surface area contributed by atoms with Crippen molar-refractivity contribution in [3.05, 3.63) is 24.3 Å².